The van der Waals surface area contributed by atoms with Crippen LogP contribution < -0.4 is 10.1 Å². The normalized spacial score (nSPS) is 11.4. The predicted octanol–water partition coefficient (Wildman–Crippen LogP) is 5.00. The monoisotopic (exact) mass is 427 g/mol. The van der Waals surface area contributed by atoms with E-state index in [9.17, 15) is 14.4 Å². The van der Waals surface area contributed by atoms with E-state index in [2.05, 4.69) is 12.2 Å². The number of benzene rings is 1. The number of unbranched alkanes of at least 4 members (excludes halogenated alkanes) is 2. The van der Waals surface area contributed by atoms with Crippen LogP contribution in [-0.2, 0) is 19.1 Å². The molecule has 0 heterocycles. The van der Waals surface area contributed by atoms with Crippen LogP contribution in [0.3, 0.4) is 0 Å². The SMILES string of the molecule is CCCCCC(=O)OC(CCC)OC(=O)NCCCC(=O)Oc1ccc(Cl)cc1. The van der Waals surface area contributed by atoms with E-state index in [4.69, 9.17) is 25.8 Å². The lowest BCUT2D eigenvalue weighted by atomic mass is 10.2. The van der Waals surface area contributed by atoms with Crippen LogP contribution in [0.15, 0.2) is 24.3 Å². The molecule has 1 unspecified atom stereocenters. The van der Waals surface area contributed by atoms with Crippen molar-refractivity contribution in [2.75, 3.05) is 6.54 Å². The third-order valence-electron chi connectivity index (χ3n) is 3.88. The molecule has 0 fully saturated rings. The first-order chi connectivity index (χ1) is 13.9. The highest BCUT2D eigenvalue weighted by atomic mass is 35.5. The van der Waals surface area contributed by atoms with Crippen LogP contribution >= 0.6 is 11.6 Å². The van der Waals surface area contributed by atoms with Crippen LogP contribution in [0.5, 0.6) is 5.75 Å². The number of amides is 1. The van der Waals surface area contributed by atoms with Gasteiger partial charge in [-0.1, -0.05) is 38.3 Å². The van der Waals surface area contributed by atoms with Crippen LogP contribution in [0.1, 0.15) is 65.2 Å². The third kappa shape index (κ3) is 12.0. The van der Waals surface area contributed by atoms with Gasteiger partial charge < -0.3 is 19.5 Å². The van der Waals surface area contributed by atoms with E-state index < -0.39 is 18.4 Å². The van der Waals surface area contributed by atoms with E-state index in [1.54, 1.807) is 24.3 Å². The maximum absolute atomic E-state index is 11.9. The van der Waals surface area contributed by atoms with Gasteiger partial charge in [-0.15, -0.1) is 0 Å². The molecule has 29 heavy (non-hydrogen) atoms. The number of ether oxygens (including phenoxy) is 3. The van der Waals surface area contributed by atoms with Gasteiger partial charge in [-0.05, 0) is 43.5 Å². The second-order valence-electron chi connectivity index (χ2n) is 6.53. The first kappa shape index (κ1) is 24.8. The zero-order valence-corrected chi connectivity index (χ0v) is 17.8. The van der Waals surface area contributed by atoms with Crippen molar-refractivity contribution in [2.45, 2.75) is 71.5 Å². The number of carbonyl (C=O) groups excluding carboxylic acids is 3. The lowest BCUT2D eigenvalue weighted by Crippen LogP contribution is -2.32. The number of esters is 2. The van der Waals surface area contributed by atoms with E-state index in [1.165, 1.54) is 0 Å². The summed E-state index contributed by atoms with van der Waals surface area (Å²) in [6.07, 6.45) is 3.11. The van der Waals surface area contributed by atoms with Gasteiger partial charge >= 0.3 is 18.0 Å². The lowest BCUT2D eigenvalue weighted by Gasteiger charge is -2.18. The molecule has 0 saturated carbocycles. The Morgan fingerprint density at radius 3 is 2.28 bits per heavy atom. The Bertz CT molecular complexity index is 635. The van der Waals surface area contributed by atoms with Gasteiger partial charge in [-0.25, -0.2) is 4.79 Å². The fourth-order valence-corrected chi connectivity index (χ4v) is 2.50. The van der Waals surface area contributed by atoms with Crippen LogP contribution in [0.2, 0.25) is 5.02 Å². The van der Waals surface area contributed by atoms with Gasteiger partial charge in [0.05, 0.1) is 0 Å². The number of hydrogen-bond donors (Lipinski definition) is 1. The molecule has 8 heteroatoms. The lowest BCUT2D eigenvalue weighted by molar-refractivity contribution is -0.169. The van der Waals surface area contributed by atoms with Gasteiger partial charge in [0.2, 0.25) is 6.29 Å². The zero-order chi connectivity index (χ0) is 21.5. The summed E-state index contributed by atoms with van der Waals surface area (Å²) in [5.41, 5.74) is 0. The maximum Gasteiger partial charge on any atom is 0.410 e. The molecule has 0 aromatic heterocycles. The van der Waals surface area contributed by atoms with E-state index >= 15 is 0 Å². The summed E-state index contributed by atoms with van der Waals surface area (Å²) in [5.74, 6) is -0.364. The Morgan fingerprint density at radius 1 is 0.931 bits per heavy atom. The number of hydrogen-bond acceptors (Lipinski definition) is 6. The molecule has 0 aliphatic rings. The number of carbonyl (C=O) groups is 3. The van der Waals surface area contributed by atoms with Crippen LogP contribution in [-0.4, -0.2) is 30.9 Å². The van der Waals surface area contributed by atoms with Gasteiger partial charge in [0, 0.05) is 30.8 Å². The fourth-order valence-electron chi connectivity index (χ4n) is 2.37. The molecule has 0 aliphatic heterocycles. The fraction of sp³-hybridized carbons (Fsp3) is 0.571. The van der Waals surface area contributed by atoms with Gasteiger partial charge in [0.1, 0.15) is 5.75 Å². The van der Waals surface area contributed by atoms with Crippen molar-refractivity contribution in [1.29, 1.82) is 0 Å². The van der Waals surface area contributed by atoms with Crippen molar-refractivity contribution in [1.82, 2.24) is 5.32 Å². The van der Waals surface area contributed by atoms with Crippen molar-refractivity contribution < 1.29 is 28.6 Å². The molecule has 162 valence electrons. The summed E-state index contributed by atoms with van der Waals surface area (Å²) >= 11 is 5.77. The summed E-state index contributed by atoms with van der Waals surface area (Å²) in [7, 11) is 0. The molecular weight excluding hydrogens is 398 g/mol. The van der Waals surface area contributed by atoms with Crippen LogP contribution in [0.25, 0.3) is 0 Å². The highest BCUT2D eigenvalue weighted by molar-refractivity contribution is 6.30. The molecule has 0 aliphatic carbocycles. The Hall–Kier alpha value is -2.28. The zero-order valence-electron chi connectivity index (χ0n) is 17.1. The maximum atomic E-state index is 11.9. The van der Waals surface area contributed by atoms with Crippen molar-refractivity contribution in [3.63, 3.8) is 0 Å². The Labute approximate surface area is 177 Å². The predicted molar refractivity (Wildman–Crippen MR) is 110 cm³/mol. The average Bonchev–Trinajstić information content (AvgIpc) is 2.67. The number of rotatable bonds is 13. The molecule has 1 amide bonds. The summed E-state index contributed by atoms with van der Waals surface area (Å²) < 4.78 is 15.5. The smallest absolute Gasteiger partial charge is 0.410 e. The van der Waals surface area contributed by atoms with Crippen molar-refractivity contribution in [3.05, 3.63) is 29.3 Å². The highest BCUT2D eigenvalue weighted by Gasteiger charge is 2.18. The Balaban J connectivity index is 2.24. The van der Waals surface area contributed by atoms with E-state index in [-0.39, 0.29) is 18.9 Å². The topological polar surface area (TPSA) is 90.9 Å². The van der Waals surface area contributed by atoms with Crippen LogP contribution in [0.4, 0.5) is 4.79 Å². The number of halogens is 1. The molecular formula is C21H30ClNO6. The minimum absolute atomic E-state index is 0.133. The largest absolute Gasteiger partial charge is 0.427 e. The molecule has 7 nitrogen and oxygen atoms in total. The quantitative estimate of drug-likeness (QED) is 0.206. The summed E-state index contributed by atoms with van der Waals surface area (Å²) in [6.45, 7) is 4.19. The van der Waals surface area contributed by atoms with E-state index in [1.807, 2.05) is 6.92 Å². The van der Waals surface area contributed by atoms with E-state index in [0.29, 0.717) is 36.5 Å². The van der Waals surface area contributed by atoms with Crippen molar-refractivity contribution >= 4 is 29.6 Å². The molecule has 0 radical (unpaired) electrons. The minimum atomic E-state index is -0.899. The van der Waals surface area contributed by atoms with Gasteiger partial charge in [-0.3, -0.25) is 9.59 Å². The Kier molecular flexibility index (Phi) is 12.5. The molecule has 0 bridgehead atoms. The van der Waals surface area contributed by atoms with Crippen molar-refractivity contribution in [2.24, 2.45) is 0 Å². The molecule has 0 saturated heterocycles. The minimum Gasteiger partial charge on any atom is -0.427 e. The first-order valence-electron chi connectivity index (χ1n) is 10.0. The van der Waals surface area contributed by atoms with E-state index in [0.717, 1.165) is 19.3 Å². The average molecular weight is 428 g/mol. The van der Waals surface area contributed by atoms with Crippen molar-refractivity contribution in [3.8, 4) is 5.75 Å². The summed E-state index contributed by atoms with van der Waals surface area (Å²) in [5, 5.41) is 3.10. The second kappa shape index (κ2) is 14.7. The molecule has 1 aromatic rings. The van der Waals surface area contributed by atoms with Crippen LogP contribution in [0, 0.1) is 0 Å². The molecule has 1 N–H and O–H groups in total. The number of nitrogens with one attached hydrogen (secondary N) is 1. The van der Waals surface area contributed by atoms with Gasteiger partial charge in [0.15, 0.2) is 0 Å². The van der Waals surface area contributed by atoms with Gasteiger partial charge in [0.25, 0.3) is 0 Å². The highest BCUT2D eigenvalue weighted by Crippen LogP contribution is 2.16. The molecule has 1 aromatic carbocycles. The first-order valence-corrected chi connectivity index (χ1v) is 10.4. The third-order valence-corrected chi connectivity index (χ3v) is 4.13. The molecule has 1 atom stereocenters. The second-order valence-corrected chi connectivity index (χ2v) is 6.97. The summed E-state index contributed by atoms with van der Waals surface area (Å²) in [4.78, 5) is 35.5. The summed E-state index contributed by atoms with van der Waals surface area (Å²) in [6, 6.07) is 6.47. The Morgan fingerprint density at radius 2 is 1.62 bits per heavy atom. The number of alkyl carbamates (subject to hydrolysis) is 1. The molecule has 0 spiro atoms. The molecule has 1 rings (SSSR count). The standard InChI is InChI=1S/C21H30ClNO6/c1-3-5-6-9-19(25)28-20(8-4-2)29-21(26)23-15-7-10-18(24)27-17-13-11-16(22)12-14-17/h11-14,20H,3-10,15H2,1-2H3,(H,23,26). The van der Waals surface area contributed by atoms with Gasteiger partial charge in [-0.2, -0.15) is 0 Å².